The van der Waals surface area contributed by atoms with Gasteiger partial charge in [0, 0.05) is 37.9 Å². The van der Waals surface area contributed by atoms with Gasteiger partial charge in [-0.2, -0.15) is 0 Å². The van der Waals surface area contributed by atoms with Crippen molar-refractivity contribution in [1.29, 1.82) is 0 Å². The van der Waals surface area contributed by atoms with Crippen molar-refractivity contribution in [3.05, 3.63) is 53.6 Å². The van der Waals surface area contributed by atoms with Crippen molar-refractivity contribution >= 4 is 5.91 Å². The largest absolute Gasteiger partial charge is 0.347 e. The molecule has 0 aliphatic carbocycles. The maximum atomic E-state index is 13.8. The molecule has 2 heterocycles. The number of nitrogens with zero attached hydrogens (tertiary/aromatic N) is 3. The summed E-state index contributed by atoms with van der Waals surface area (Å²) in [5.74, 6) is -1.06. The van der Waals surface area contributed by atoms with Crippen molar-refractivity contribution in [3.63, 3.8) is 0 Å². The van der Waals surface area contributed by atoms with Gasteiger partial charge in [-0.05, 0) is 37.6 Å². The quantitative estimate of drug-likeness (QED) is 0.931. The Labute approximate surface area is 139 Å². The van der Waals surface area contributed by atoms with Crippen LogP contribution in [-0.4, -0.2) is 39.5 Å². The fourth-order valence-electron chi connectivity index (χ4n) is 3.01. The van der Waals surface area contributed by atoms with Crippen molar-refractivity contribution in [2.45, 2.75) is 25.4 Å². The Morgan fingerprint density at radius 3 is 3.00 bits per heavy atom. The number of aromatic nitrogens is 2. The first kappa shape index (κ1) is 16.6. The van der Waals surface area contributed by atoms with E-state index in [1.165, 1.54) is 6.07 Å². The first-order valence-electron chi connectivity index (χ1n) is 7.96. The topological polar surface area (TPSA) is 50.2 Å². The van der Waals surface area contributed by atoms with Crippen molar-refractivity contribution < 1.29 is 13.6 Å². The van der Waals surface area contributed by atoms with Gasteiger partial charge in [0.15, 0.2) is 0 Å². The van der Waals surface area contributed by atoms with E-state index in [4.69, 9.17) is 0 Å². The van der Waals surface area contributed by atoms with Gasteiger partial charge in [-0.3, -0.25) is 9.69 Å². The number of likely N-dealkylation sites (tertiary alicyclic amines) is 1. The molecule has 1 amide bonds. The van der Waals surface area contributed by atoms with Crippen molar-refractivity contribution in [3.8, 4) is 0 Å². The molecule has 0 saturated carbocycles. The lowest BCUT2D eigenvalue weighted by Crippen LogP contribution is -2.47. The lowest BCUT2D eigenvalue weighted by atomic mass is 10.0. The molecule has 128 valence electrons. The monoisotopic (exact) mass is 334 g/mol. The molecule has 1 atom stereocenters. The van der Waals surface area contributed by atoms with Gasteiger partial charge in [0.1, 0.15) is 17.3 Å². The standard InChI is InChI=1S/C17H20F2N4O/c1-22-10-16(20-11-22)17(24)21-14-3-2-6-23(9-14)8-12-7-13(18)4-5-15(12)19/h4-5,7,10-11,14H,2-3,6,8-9H2,1H3,(H,21,24). The van der Waals surface area contributed by atoms with E-state index in [9.17, 15) is 13.6 Å². The highest BCUT2D eigenvalue weighted by atomic mass is 19.1. The zero-order valence-electron chi connectivity index (χ0n) is 13.5. The number of benzene rings is 1. The van der Waals surface area contributed by atoms with Crippen LogP contribution in [0.3, 0.4) is 0 Å². The van der Waals surface area contributed by atoms with Crippen LogP contribution in [0.25, 0.3) is 0 Å². The SMILES string of the molecule is Cn1cnc(C(=O)NC2CCCN(Cc3cc(F)ccc3F)C2)c1. The Morgan fingerprint density at radius 1 is 1.42 bits per heavy atom. The molecule has 0 spiro atoms. The second-order valence-corrected chi connectivity index (χ2v) is 6.21. The molecular formula is C17H20F2N4O. The Balaban J connectivity index is 1.60. The number of piperidine rings is 1. The maximum absolute atomic E-state index is 13.8. The zero-order chi connectivity index (χ0) is 17.1. The molecule has 1 unspecified atom stereocenters. The fourth-order valence-corrected chi connectivity index (χ4v) is 3.01. The van der Waals surface area contributed by atoms with Gasteiger partial charge in [-0.1, -0.05) is 0 Å². The number of carbonyl (C=O) groups is 1. The number of aryl methyl sites for hydroxylation is 1. The normalized spacial score (nSPS) is 18.5. The number of rotatable bonds is 4. The minimum absolute atomic E-state index is 0.0233. The lowest BCUT2D eigenvalue weighted by Gasteiger charge is -2.33. The number of hydrogen-bond donors (Lipinski definition) is 1. The highest BCUT2D eigenvalue weighted by molar-refractivity contribution is 5.92. The van der Waals surface area contributed by atoms with E-state index < -0.39 is 11.6 Å². The molecule has 1 fully saturated rings. The molecule has 0 bridgehead atoms. The molecule has 7 heteroatoms. The summed E-state index contributed by atoms with van der Waals surface area (Å²) in [6.45, 7) is 1.74. The number of hydrogen-bond acceptors (Lipinski definition) is 3. The molecule has 1 saturated heterocycles. The van der Waals surface area contributed by atoms with Crippen LogP contribution >= 0.6 is 0 Å². The molecule has 1 aliphatic heterocycles. The summed E-state index contributed by atoms with van der Waals surface area (Å²) in [6.07, 6.45) is 5.00. The van der Waals surface area contributed by atoms with Gasteiger partial charge in [0.2, 0.25) is 0 Å². The average Bonchev–Trinajstić information content (AvgIpc) is 2.98. The number of halogens is 2. The summed E-state index contributed by atoms with van der Waals surface area (Å²) in [6, 6.07) is 3.47. The van der Waals surface area contributed by atoms with E-state index in [2.05, 4.69) is 10.3 Å². The second-order valence-electron chi connectivity index (χ2n) is 6.21. The Bertz CT molecular complexity index is 731. The van der Waals surface area contributed by atoms with Gasteiger partial charge >= 0.3 is 0 Å². The summed E-state index contributed by atoms with van der Waals surface area (Å²) in [5, 5.41) is 2.97. The summed E-state index contributed by atoms with van der Waals surface area (Å²) in [7, 11) is 1.81. The highest BCUT2D eigenvalue weighted by Gasteiger charge is 2.23. The third kappa shape index (κ3) is 3.97. The van der Waals surface area contributed by atoms with Crippen molar-refractivity contribution in [2.75, 3.05) is 13.1 Å². The van der Waals surface area contributed by atoms with Gasteiger partial charge in [-0.25, -0.2) is 13.8 Å². The van der Waals surface area contributed by atoms with E-state index in [0.29, 0.717) is 24.3 Å². The first-order valence-corrected chi connectivity index (χ1v) is 7.96. The molecule has 2 aromatic rings. The summed E-state index contributed by atoms with van der Waals surface area (Å²) in [5.41, 5.74) is 0.720. The number of carbonyl (C=O) groups excluding carboxylic acids is 1. The van der Waals surface area contributed by atoms with Crippen LogP contribution in [0.2, 0.25) is 0 Å². The number of nitrogens with one attached hydrogen (secondary N) is 1. The molecule has 1 aromatic carbocycles. The second kappa shape index (κ2) is 7.09. The van der Waals surface area contributed by atoms with Crippen LogP contribution in [-0.2, 0) is 13.6 Å². The third-order valence-electron chi connectivity index (χ3n) is 4.18. The maximum Gasteiger partial charge on any atom is 0.271 e. The Hall–Kier alpha value is -2.28. The zero-order valence-corrected chi connectivity index (χ0v) is 13.5. The predicted octanol–water partition coefficient (Wildman–Crippen LogP) is 2.09. The highest BCUT2D eigenvalue weighted by Crippen LogP contribution is 2.17. The Morgan fingerprint density at radius 2 is 2.25 bits per heavy atom. The van der Waals surface area contributed by atoms with Gasteiger partial charge in [-0.15, -0.1) is 0 Å². The molecular weight excluding hydrogens is 314 g/mol. The smallest absolute Gasteiger partial charge is 0.271 e. The molecule has 24 heavy (non-hydrogen) atoms. The molecule has 1 N–H and O–H groups in total. The van der Waals surface area contributed by atoms with E-state index in [1.54, 1.807) is 24.1 Å². The van der Waals surface area contributed by atoms with Crippen LogP contribution in [0.1, 0.15) is 28.9 Å². The van der Waals surface area contributed by atoms with Gasteiger partial charge < -0.3 is 9.88 Å². The molecule has 3 rings (SSSR count). The van der Waals surface area contributed by atoms with E-state index in [0.717, 1.165) is 31.5 Å². The van der Waals surface area contributed by atoms with Crippen LogP contribution in [0, 0.1) is 11.6 Å². The summed E-state index contributed by atoms with van der Waals surface area (Å²) in [4.78, 5) is 18.2. The third-order valence-corrected chi connectivity index (χ3v) is 4.18. The van der Waals surface area contributed by atoms with Crippen molar-refractivity contribution in [2.24, 2.45) is 7.05 Å². The first-order chi connectivity index (χ1) is 11.5. The predicted molar refractivity (Wildman–Crippen MR) is 85.3 cm³/mol. The Kier molecular flexibility index (Phi) is 4.89. The van der Waals surface area contributed by atoms with E-state index >= 15 is 0 Å². The van der Waals surface area contributed by atoms with Crippen LogP contribution in [0.5, 0.6) is 0 Å². The van der Waals surface area contributed by atoms with E-state index in [-0.39, 0.29) is 11.9 Å². The molecule has 1 aliphatic rings. The molecule has 5 nitrogen and oxygen atoms in total. The number of imidazole rings is 1. The molecule has 0 radical (unpaired) electrons. The van der Waals surface area contributed by atoms with Crippen LogP contribution < -0.4 is 5.32 Å². The lowest BCUT2D eigenvalue weighted by molar-refractivity contribution is 0.0895. The minimum Gasteiger partial charge on any atom is -0.347 e. The summed E-state index contributed by atoms with van der Waals surface area (Å²) >= 11 is 0. The van der Waals surface area contributed by atoms with Crippen molar-refractivity contribution in [1.82, 2.24) is 19.8 Å². The van der Waals surface area contributed by atoms with Crippen LogP contribution in [0.15, 0.2) is 30.7 Å². The van der Waals surface area contributed by atoms with Gasteiger partial charge in [0.05, 0.1) is 6.33 Å². The summed E-state index contributed by atoms with van der Waals surface area (Å²) < 4.78 is 28.8. The van der Waals surface area contributed by atoms with Gasteiger partial charge in [0.25, 0.3) is 5.91 Å². The fraction of sp³-hybridized carbons (Fsp3) is 0.412. The average molecular weight is 334 g/mol. The number of amides is 1. The minimum atomic E-state index is -0.441. The van der Waals surface area contributed by atoms with E-state index in [1.807, 2.05) is 4.90 Å². The molecule has 1 aromatic heterocycles. The van der Waals surface area contributed by atoms with Crippen LogP contribution in [0.4, 0.5) is 8.78 Å².